The Hall–Kier alpha value is -2.38. The van der Waals surface area contributed by atoms with Crippen molar-refractivity contribution in [1.82, 2.24) is 5.32 Å². The summed E-state index contributed by atoms with van der Waals surface area (Å²) < 4.78 is 5.88. The van der Waals surface area contributed by atoms with Crippen LogP contribution in [0.1, 0.15) is 84.6 Å². The van der Waals surface area contributed by atoms with E-state index >= 15 is 0 Å². The van der Waals surface area contributed by atoms with Crippen LogP contribution in [0.4, 0.5) is 0 Å². The maximum absolute atomic E-state index is 12.4. The van der Waals surface area contributed by atoms with Crippen molar-refractivity contribution in [3.63, 3.8) is 0 Å². The maximum atomic E-state index is 12.4. The molecular weight excluding hydrogens is 450 g/mol. The molecule has 0 aliphatic heterocycles. The summed E-state index contributed by atoms with van der Waals surface area (Å²) in [7, 11) is 0. The Balaban J connectivity index is 2.02. The van der Waals surface area contributed by atoms with Crippen molar-refractivity contribution >= 4 is 23.2 Å². The molecule has 3 atom stereocenters. The first-order valence-electron chi connectivity index (χ1n) is 11.9. The van der Waals surface area contributed by atoms with E-state index in [0.29, 0.717) is 10.8 Å². The van der Waals surface area contributed by atoms with Crippen molar-refractivity contribution in [1.29, 1.82) is 0 Å². The fourth-order valence-electron chi connectivity index (χ4n) is 3.65. The number of carbonyl (C=O) groups excluding carboxylic acids is 1. The minimum absolute atomic E-state index is 0.226. The zero-order chi connectivity index (χ0) is 25.6. The standard InChI is InChI=1S/C27H39NO5S/c1-8-19(20-10-12-22(16(2)13-20)33-15-23(29)27(5,6)7)9-11-21-14-17(3)24(34-21)25(30)28-18(4)26(31)32/h10,12-14,18-19,23,29H,8-9,11,15H2,1-7H3,(H,28,30)(H,31,32). The van der Waals surface area contributed by atoms with Gasteiger partial charge in [-0.2, -0.15) is 0 Å². The minimum Gasteiger partial charge on any atom is -0.491 e. The lowest BCUT2D eigenvalue weighted by Crippen LogP contribution is -2.38. The molecule has 0 radical (unpaired) electrons. The highest BCUT2D eigenvalue weighted by Crippen LogP contribution is 2.32. The molecule has 0 saturated heterocycles. The number of rotatable bonds is 11. The van der Waals surface area contributed by atoms with Crippen molar-refractivity contribution in [2.24, 2.45) is 5.41 Å². The molecule has 0 aliphatic rings. The molecule has 7 heteroatoms. The van der Waals surface area contributed by atoms with Gasteiger partial charge in [0.2, 0.25) is 0 Å². The number of carboxylic acid groups (broad SMARTS) is 1. The second-order valence-corrected chi connectivity index (χ2v) is 11.3. The molecular formula is C27H39NO5S. The molecule has 0 saturated carbocycles. The second-order valence-electron chi connectivity index (χ2n) is 10.1. The molecule has 1 amide bonds. The normalized spacial score (nSPS) is 14.4. The number of nitrogens with one attached hydrogen (secondary N) is 1. The topological polar surface area (TPSA) is 95.9 Å². The van der Waals surface area contributed by atoms with Crippen LogP contribution in [-0.2, 0) is 11.2 Å². The van der Waals surface area contributed by atoms with E-state index in [2.05, 4.69) is 24.4 Å². The highest BCUT2D eigenvalue weighted by molar-refractivity contribution is 7.14. The SMILES string of the molecule is CCC(CCc1cc(C)c(C(=O)NC(C)C(=O)O)s1)c1ccc(OCC(O)C(C)(C)C)c(C)c1. The number of hydrogen-bond acceptors (Lipinski definition) is 5. The van der Waals surface area contributed by atoms with Crippen LogP contribution in [0.3, 0.4) is 0 Å². The highest BCUT2D eigenvalue weighted by atomic mass is 32.1. The van der Waals surface area contributed by atoms with Crippen LogP contribution in [-0.4, -0.2) is 40.8 Å². The molecule has 3 unspecified atom stereocenters. The summed E-state index contributed by atoms with van der Waals surface area (Å²) >= 11 is 1.44. The number of thiophene rings is 1. The Labute approximate surface area is 207 Å². The lowest BCUT2D eigenvalue weighted by molar-refractivity contribution is -0.138. The molecule has 0 bridgehead atoms. The Bertz CT molecular complexity index is 991. The van der Waals surface area contributed by atoms with E-state index < -0.39 is 18.1 Å². The molecule has 34 heavy (non-hydrogen) atoms. The second kappa shape index (κ2) is 11.8. The Morgan fingerprint density at radius 3 is 2.38 bits per heavy atom. The first-order chi connectivity index (χ1) is 15.8. The molecule has 1 aromatic heterocycles. The van der Waals surface area contributed by atoms with Crippen LogP contribution in [0.2, 0.25) is 0 Å². The lowest BCUT2D eigenvalue weighted by atomic mass is 9.89. The average Bonchev–Trinajstić information content (AvgIpc) is 3.13. The highest BCUT2D eigenvalue weighted by Gasteiger charge is 2.23. The van der Waals surface area contributed by atoms with Crippen molar-refractivity contribution in [2.45, 2.75) is 85.8 Å². The van der Waals surface area contributed by atoms with Crippen LogP contribution in [0.25, 0.3) is 0 Å². The molecule has 0 spiro atoms. The molecule has 1 aromatic carbocycles. The van der Waals surface area contributed by atoms with Crippen LogP contribution in [0.5, 0.6) is 5.75 Å². The van der Waals surface area contributed by atoms with Crippen LogP contribution in [0, 0.1) is 19.3 Å². The van der Waals surface area contributed by atoms with Gasteiger partial charge in [0, 0.05) is 4.88 Å². The number of aliphatic hydroxyl groups excluding tert-OH is 1. The number of aryl methyl sites for hydroxylation is 3. The molecule has 2 rings (SSSR count). The van der Waals surface area contributed by atoms with Crippen molar-refractivity contribution in [3.8, 4) is 5.75 Å². The molecule has 0 aliphatic carbocycles. The molecule has 0 fully saturated rings. The van der Waals surface area contributed by atoms with Gasteiger partial charge in [-0.1, -0.05) is 39.8 Å². The Morgan fingerprint density at radius 1 is 1.15 bits per heavy atom. The van der Waals surface area contributed by atoms with Gasteiger partial charge in [-0.05, 0) is 80.2 Å². The number of ether oxygens (including phenoxy) is 1. The van der Waals surface area contributed by atoms with Gasteiger partial charge in [0.15, 0.2) is 0 Å². The number of aliphatic hydroxyl groups is 1. The van der Waals surface area contributed by atoms with Gasteiger partial charge in [0.05, 0.1) is 11.0 Å². The summed E-state index contributed by atoms with van der Waals surface area (Å²) in [6.45, 7) is 13.8. The smallest absolute Gasteiger partial charge is 0.325 e. The molecule has 188 valence electrons. The maximum Gasteiger partial charge on any atom is 0.325 e. The summed E-state index contributed by atoms with van der Waals surface area (Å²) in [5.41, 5.74) is 2.95. The summed E-state index contributed by atoms with van der Waals surface area (Å²) in [4.78, 5) is 25.2. The average molecular weight is 490 g/mol. The minimum atomic E-state index is -1.05. The van der Waals surface area contributed by atoms with Crippen LogP contribution < -0.4 is 10.1 Å². The quantitative estimate of drug-likeness (QED) is 0.388. The van der Waals surface area contributed by atoms with Crippen molar-refractivity contribution < 1.29 is 24.5 Å². The first kappa shape index (κ1) is 27.9. The lowest BCUT2D eigenvalue weighted by Gasteiger charge is -2.26. The molecule has 3 N–H and O–H groups in total. The number of benzene rings is 1. The van der Waals surface area contributed by atoms with E-state index in [9.17, 15) is 14.7 Å². The van der Waals surface area contributed by atoms with E-state index in [4.69, 9.17) is 9.84 Å². The van der Waals surface area contributed by atoms with Crippen molar-refractivity contribution in [3.05, 3.63) is 50.7 Å². The van der Waals surface area contributed by atoms with E-state index in [-0.39, 0.29) is 17.9 Å². The predicted molar refractivity (Wildman–Crippen MR) is 137 cm³/mol. The van der Waals surface area contributed by atoms with Gasteiger partial charge in [-0.15, -0.1) is 11.3 Å². The van der Waals surface area contributed by atoms with E-state index in [1.165, 1.54) is 23.8 Å². The summed E-state index contributed by atoms with van der Waals surface area (Å²) in [5.74, 6) is -0.217. The predicted octanol–water partition coefficient (Wildman–Crippen LogP) is 5.48. The number of hydrogen-bond donors (Lipinski definition) is 3. The van der Waals surface area contributed by atoms with Crippen LogP contribution in [0.15, 0.2) is 24.3 Å². The van der Waals surface area contributed by atoms with Gasteiger partial charge in [0.1, 0.15) is 18.4 Å². The fourth-order valence-corrected chi connectivity index (χ4v) is 4.74. The third-order valence-corrected chi connectivity index (χ3v) is 7.49. The summed E-state index contributed by atoms with van der Waals surface area (Å²) in [6.07, 6.45) is 2.26. The molecule has 2 aromatic rings. The van der Waals surface area contributed by atoms with Crippen molar-refractivity contribution in [2.75, 3.05) is 6.61 Å². The van der Waals surface area contributed by atoms with Gasteiger partial charge in [0.25, 0.3) is 5.91 Å². The first-order valence-corrected chi connectivity index (χ1v) is 12.7. The molecule has 1 heterocycles. The molecule has 6 nitrogen and oxygen atoms in total. The van der Waals surface area contributed by atoms with Gasteiger partial charge in [-0.25, -0.2) is 0 Å². The zero-order valence-electron chi connectivity index (χ0n) is 21.4. The third kappa shape index (κ3) is 7.57. The van der Waals surface area contributed by atoms with E-state index in [0.717, 1.165) is 41.0 Å². The zero-order valence-corrected chi connectivity index (χ0v) is 22.2. The number of carbonyl (C=O) groups is 2. The van der Waals surface area contributed by atoms with E-state index in [1.807, 2.05) is 46.8 Å². The summed E-state index contributed by atoms with van der Waals surface area (Å²) in [6, 6.07) is 7.36. The summed E-state index contributed by atoms with van der Waals surface area (Å²) in [5, 5.41) is 21.8. The van der Waals surface area contributed by atoms with Gasteiger partial charge in [-0.3, -0.25) is 9.59 Å². The Kier molecular flexibility index (Phi) is 9.71. The largest absolute Gasteiger partial charge is 0.491 e. The number of carboxylic acids is 1. The van der Waals surface area contributed by atoms with Gasteiger partial charge >= 0.3 is 5.97 Å². The van der Waals surface area contributed by atoms with Gasteiger partial charge < -0.3 is 20.3 Å². The number of aliphatic carboxylic acids is 1. The monoisotopic (exact) mass is 489 g/mol. The third-order valence-electron chi connectivity index (χ3n) is 6.19. The van der Waals surface area contributed by atoms with Crippen LogP contribution >= 0.6 is 11.3 Å². The Morgan fingerprint density at radius 2 is 1.82 bits per heavy atom. The van der Waals surface area contributed by atoms with E-state index in [1.54, 1.807) is 0 Å². The fraction of sp³-hybridized carbons (Fsp3) is 0.556. The number of amides is 1.